The number of rotatable bonds is 9. The van der Waals surface area contributed by atoms with Crippen LogP contribution in [0, 0.1) is 17.8 Å². The Balaban J connectivity index is 1.53. The highest BCUT2D eigenvalue weighted by molar-refractivity contribution is 8.02. The number of carbonyl (C=O) groups excluding carboxylic acids is 3. The summed E-state index contributed by atoms with van der Waals surface area (Å²) < 4.78 is 4.00. The maximum atomic E-state index is 14.3. The molecule has 0 aromatic heterocycles. The lowest BCUT2D eigenvalue weighted by Crippen LogP contribution is -2.55. The molecule has 3 heterocycles. The third kappa shape index (κ3) is 4.69. The van der Waals surface area contributed by atoms with E-state index in [4.69, 9.17) is 4.74 Å². The van der Waals surface area contributed by atoms with Gasteiger partial charge in [0.05, 0.1) is 36.3 Å². The first-order chi connectivity index (χ1) is 18.6. The van der Waals surface area contributed by atoms with Crippen molar-refractivity contribution in [2.75, 3.05) is 24.4 Å². The molecule has 3 saturated heterocycles. The molecule has 3 N–H and O–H groups in total. The van der Waals surface area contributed by atoms with Crippen LogP contribution in [0.15, 0.2) is 54.6 Å². The van der Waals surface area contributed by atoms with Gasteiger partial charge in [0.25, 0.3) is 0 Å². The zero-order valence-corrected chi connectivity index (χ0v) is 23.7. The Morgan fingerprint density at radius 2 is 1.69 bits per heavy atom. The predicted octanol–water partition coefficient (Wildman–Crippen LogP) is 4.16. The normalized spacial score (nSPS) is 29.8. The topological polar surface area (TPSA) is 108 Å². The van der Waals surface area contributed by atoms with E-state index in [0.29, 0.717) is 30.0 Å². The molecule has 39 heavy (non-hydrogen) atoms. The van der Waals surface area contributed by atoms with Gasteiger partial charge in [-0.15, -0.1) is 11.8 Å². The van der Waals surface area contributed by atoms with Crippen LogP contribution in [0.4, 0.5) is 11.4 Å². The van der Waals surface area contributed by atoms with E-state index in [2.05, 4.69) is 10.6 Å². The molecule has 208 valence electrons. The second-order valence-corrected chi connectivity index (χ2v) is 13.4. The molecule has 2 aromatic rings. The molecular formula is C30H37N3O5S. The zero-order chi connectivity index (χ0) is 27.9. The highest BCUT2D eigenvalue weighted by Gasteiger charge is 2.77. The second kappa shape index (κ2) is 10.5. The molecule has 9 heteroatoms. The number of hydrogen-bond acceptors (Lipinski definition) is 6. The monoisotopic (exact) mass is 551 g/mol. The van der Waals surface area contributed by atoms with Crippen LogP contribution in [0.1, 0.15) is 40.0 Å². The van der Waals surface area contributed by atoms with Crippen molar-refractivity contribution in [2.45, 2.75) is 61.6 Å². The number of aliphatic hydroxyl groups is 1. The first-order valence-corrected chi connectivity index (χ1v) is 14.4. The van der Waals surface area contributed by atoms with Crippen molar-refractivity contribution in [2.24, 2.45) is 17.8 Å². The van der Waals surface area contributed by atoms with Crippen LogP contribution in [0.2, 0.25) is 0 Å². The minimum absolute atomic E-state index is 0.198. The van der Waals surface area contributed by atoms with Crippen LogP contribution in [0.25, 0.3) is 0 Å². The van der Waals surface area contributed by atoms with Gasteiger partial charge in [-0.25, -0.2) is 0 Å². The molecule has 2 unspecified atom stereocenters. The Morgan fingerprint density at radius 3 is 2.31 bits per heavy atom. The molecule has 0 saturated carbocycles. The molecule has 5 rings (SSSR count). The maximum absolute atomic E-state index is 14.3. The van der Waals surface area contributed by atoms with E-state index < -0.39 is 33.4 Å². The summed E-state index contributed by atoms with van der Waals surface area (Å²) in [5.74, 6) is -1.07. The van der Waals surface area contributed by atoms with Gasteiger partial charge in [-0.05, 0) is 68.5 Å². The Bertz CT molecular complexity index is 1240. The smallest absolute Gasteiger partial charge is 0.248 e. The minimum atomic E-state index is -0.811. The highest BCUT2D eigenvalue weighted by Crippen LogP contribution is 2.71. The van der Waals surface area contributed by atoms with Crippen molar-refractivity contribution in [3.8, 4) is 5.75 Å². The minimum Gasteiger partial charge on any atom is -0.497 e. The van der Waals surface area contributed by atoms with E-state index in [1.54, 1.807) is 48.0 Å². The van der Waals surface area contributed by atoms with E-state index in [1.165, 1.54) is 0 Å². The van der Waals surface area contributed by atoms with Gasteiger partial charge in [0, 0.05) is 16.1 Å². The SMILES string of the molecule is COc1ccc(NC(=O)C2N([C@@H](CO)CC(C)C)C(=O)[C@@H]3[C@@H](C(=O)Nc4ccccc4)[C@@]4(C)CCC23S4)cc1. The van der Waals surface area contributed by atoms with Crippen LogP contribution < -0.4 is 15.4 Å². The number of para-hydroxylation sites is 1. The number of anilines is 2. The number of carbonyl (C=O) groups is 3. The zero-order valence-electron chi connectivity index (χ0n) is 22.8. The van der Waals surface area contributed by atoms with E-state index in [1.807, 2.05) is 51.1 Å². The van der Waals surface area contributed by atoms with Crippen molar-refractivity contribution in [3.05, 3.63) is 54.6 Å². The van der Waals surface area contributed by atoms with Crippen LogP contribution in [0.5, 0.6) is 5.75 Å². The first-order valence-electron chi connectivity index (χ1n) is 13.6. The summed E-state index contributed by atoms with van der Waals surface area (Å²) in [5.41, 5.74) is 1.27. The van der Waals surface area contributed by atoms with Crippen LogP contribution in [-0.2, 0) is 14.4 Å². The number of ether oxygens (including phenoxy) is 1. The number of nitrogens with one attached hydrogen (secondary N) is 2. The lowest BCUT2D eigenvalue weighted by molar-refractivity contribution is -0.142. The number of amides is 3. The fraction of sp³-hybridized carbons (Fsp3) is 0.500. The molecule has 3 fully saturated rings. The summed E-state index contributed by atoms with van der Waals surface area (Å²) in [6.45, 7) is 5.87. The summed E-state index contributed by atoms with van der Waals surface area (Å²) in [5, 5.41) is 16.5. The predicted molar refractivity (Wildman–Crippen MR) is 153 cm³/mol. The number of likely N-dealkylation sites (tertiary alicyclic amines) is 1. The van der Waals surface area contributed by atoms with Crippen molar-refractivity contribution in [3.63, 3.8) is 0 Å². The Morgan fingerprint density at radius 1 is 1.05 bits per heavy atom. The largest absolute Gasteiger partial charge is 0.497 e. The Hall–Kier alpha value is -3.04. The van der Waals surface area contributed by atoms with Gasteiger partial charge < -0.3 is 25.4 Å². The molecule has 0 radical (unpaired) electrons. The summed E-state index contributed by atoms with van der Waals surface area (Å²) in [6.07, 6.45) is 1.93. The Labute approximate surface area is 233 Å². The lowest BCUT2D eigenvalue weighted by Gasteiger charge is -2.37. The fourth-order valence-corrected chi connectivity index (χ4v) is 9.25. The van der Waals surface area contributed by atoms with Crippen molar-refractivity contribution in [1.29, 1.82) is 0 Å². The average Bonchev–Trinajstić information content (AvgIpc) is 3.48. The number of benzene rings is 2. The summed E-state index contributed by atoms with van der Waals surface area (Å²) in [7, 11) is 1.58. The maximum Gasteiger partial charge on any atom is 0.248 e. The van der Waals surface area contributed by atoms with Crippen molar-refractivity contribution >= 4 is 40.9 Å². The van der Waals surface area contributed by atoms with Crippen LogP contribution >= 0.6 is 11.8 Å². The lowest BCUT2D eigenvalue weighted by atomic mass is 9.66. The van der Waals surface area contributed by atoms with Gasteiger partial charge in [0.1, 0.15) is 11.8 Å². The molecule has 3 aliphatic rings. The van der Waals surface area contributed by atoms with E-state index in [9.17, 15) is 19.5 Å². The molecule has 6 atom stereocenters. The molecule has 3 amide bonds. The summed E-state index contributed by atoms with van der Waals surface area (Å²) in [4.78, 5) is 43.8. The molecular weight excluding hydrogens is 514 g/mol. The molecule has 2 bridgehead atoms. The van der Waals surface area contributed by atoms with E-state index >= 15 is 0 Å². The standard InChI is InChI=1S/C30H37N3O5S/c1-18(2)16-21(17-34)33-25(27(36)32-20-10-12-22(38-4)13-11-20)30-15-14-29(3,39-30)23(24(30)28(33)37)26(35)31-19-8-6-5-7-9-19/h5-13,18,21,23-25,34H,14-17H2,1-4H3,(H,31,35)(H,32,36)/t21-,23+,24+,25?,29-,30?/m1/s1. The van der Waals surface area contributed by atoms with E-state index in [0.717, 1.165) is 6.42 Å². The van der Waals surface area contributed by atoms with Gasteiger partial charge in [0.2, 0.25) is 17.7 Å². The van der Waals surface area contributed by atoms with Gasteiger partial charge in [-0.3, -0.25) is 14.4 Å². The molecule has 0 aliphatic carbocycles. The first kappa shape index (κ1) is 27.5. The second-order valence-electron chi connectivity index (χ2n) is 11.5. The number of hydrogen-bond donors (Lipinski definition) is 3. The van der Waals surface area contributed by atoms with Crippen molar-refractivity contribution in [1.82, 2.24) is 4.90 Å². The third-order valence-electron chi connectivity index (χ3n) is 8.49. The van der Waals surface area contributed by atoms with Gasteiger partial charge >= 0.3 is 0 Å². The summed E-state index contributed by atoms with van der Waals surface area (Å²) in [6, 6.07) is 15.0. The number of thioether (sulfide) groups is 1. The van der Waals surface area contributed by atoms with Gasteiger partial charge in [-0.1, -0.05) is 32.0 Å². The van der Waals surface area contributed by atoms with Gasteiger partial charge in [-0.2, -0.15) is 0 Å². The molecule has 8 nitrogen and oxygen atoms in total. The van der Waals surface area contributed by atoms with Crippen LogP contribution in [-0.4, -0.2) is 63.0 Å². The number of aliphatic hydroxyl groups excluding tert-OH is 1. The molecule has 1 spiro atoms. The third-order valence-corrected chi connectivity index (χ3v) is 10.5. The van der Waals surface area contributed by atoms with E-state index in [-0.39, 0.29) is 30.2 Å². The summed E-state index contributed by atoms with van der Waals surface area (Å²) >= 11 is 1.62. The molecule has 2 aromatic carbocycles. The quantitative estimate of drug-likeness (QED) is 0.432. The number of fused-ring (bicyclic) bond motifs is 1. The van der Waals surface area contributed by atoms with Crippen LogP contribution in [0.3, 0.4) is 0 Å². The van der Waals surface area contributed by atoms with Crippen molar-refractivity contribution < 1.29 is 24.2 Å². The number of nitrogens with zero attached hydrogens (tertiary/aromatic N) is 1. The fourth-order valence-electron chi connectivity index (χ4n) is 6.90. The van der Waals surface area contributed by atoms with Gasteiger partial charge in [0.15, 0.2) is 0 Å². The molecule has 3 aliphatic heterocycles. The average molecular weight is 552 g/mol. The Kier molecular flexibility index (Phi) is 7.41. The highest BCUT2D eigenvalue weighted by atomic mass is 32.2. The number of methoxy groups -OCH3 is 1.